The standard InChI is InChI=1S/C21H22N6O3/c1-5-29-19-17(25-24-16-11-15(30-26-16)21(2,3)4)18(28)23-20-22-14(12-27(19)20)13-9-7-6-8-10-13/h6-12H,5H2,1-4H3,(H,22,23,28)/b25-24+. The number of nitrogens with one attached hydrogen (secondary N) is 1. The highest BCUT2D eigenvalue weighted by molar-refractivity contribution is 5.63. The number of imidazole rings is 1. The molecule has 0 radical (unpaired) electrons. The SMILES string of the molecule is CCOc1c(/N=N/c2cc(C(C)(C)C)on2)c(=O)[nH]c2nc(-c3ccccc3)cn12. The first-order valence-electron chi connectivity index (χ1n) is 9.59. The van der Waals surface area contributed by atoms with Crippen LogP contribution in [-0.4, -0.2) is 26.1 Å². The Bertz CT molecular complexity index is 1260. The summed E-state index contributed by atoms with van der Waals surface area (Å²) in [6, 6.07) is 11.4. The van der Waals surface area contributed by atoms with Crippen molar-refractivity contribution in [2.75, 3.05) is 6.61 Å². The molecular formula is C21H22N6O3. The summed E-state index contributed by atoms with van der Waals surface area (Å²) in [6.07, 6.45) is 1.79. The van der Waals surface area contributed by atoms with E-state index in [4.69, 9.17) is 9.26 Å². The Hall–Kier alpha value is -3.75. The molecule has 30 heavy (non-hydrogen) atoms. The van der Waals surface area contributed by atoms with E-state index in [-0.39, 0.29) is 22.8 Å². The van der Waals surface area contributed by atoms with Crippen LogP contribution >= 0.6 is 0 Å². The van der Waals surface area contributed by atoms with Gasteiger partial charge >= 0.3 is 0 Å². The van der Waals surface area contributed by atoms with Crippen molar-refractivity contribution in [2.24, 2.45) is 10.2 Å². The molecule has 9 heteroatoms. The van der Waals surface area contributed by atoms with E-state index in [1.165, 1.54) is 0 Å². The molecule has 0 aliphatic rings. The normalized spacial score (nSPS) is 12.1. The molecule has 0 spiro atoms. The third-order valence-corrected chi connectivity index (χ3v) is 4.41. The fraction of sp³-hybridized carbons (Fsp3) is 0.286. The van der Waals surface area contributed by atoms with Gasteiger partial charge in [-0.15, -0.1) is 10.2 Å². The number of aromatic amines is 1. The van der Waals surface area contributed by atoms with Gasteiger partial charge in [0, 0.05) is 23.2 Å². The van der Waals surface area contributed by atoms with Crippen molar-refractivity contribution < 1.29 is 9.26 Å². The molecular weight excluding hydrogens is 384 g/mol. The van der Waals surface area contributed by atoms with E-state index in [1.54, 1.807) is 16.7 Å². The number of nitrogens with zero attached hydrogens (tertiary/aromatic N) is 5. The minimum atomic E-state index is -0.459. The first-order valence-corrected chi connectivity index (χ1v) is 9.59. The van der Waals surface area contributed by atoms with Crippen LogP contribution in [0.4, 0.5) is 11.5 Å². The highest BCUT2D eigenvalue weighted by atomic mass is 16.5. The van der Waals surface area contributed by atoms with Gasteiger partial charge in [0.05, 0.1) is 12.3 Å². The van der Waals surface area contributed by atoms with E-state index in [0.717, 1.165) is 5.56 Å². The molecule has 1 aromatic carbocycles. The van der Waals surface area contributed by atoms with E-state index >= 15 is 0 Å². The Morgan fingerprint density at radius 1 is 1.20 bits per heavy atom. The van der Waals surface area contributed by atoms with Gasteiger partial charge in [-0.2, -0.15) is 0 Å². The number of azo groups is 1. The topological polar surface area (TPSA) is 110 Å². The smallest absolute Gasteiger partial charge is 0.284 e. The second-order valence-electron chi connectivity index (χ2n) is 7.73. The molecule has 0 amide bonds. The van der Waals surface area contributed by atoms with E-state index in [0.29, 0.717) is 23.8 Å². The molecule has 4 aromatic rings. The predicted molar refractivity (Wildman–Crippen MR) is 112 cm³/mol. The summed E-state index contributed by atoms with van der Waals surface area (Å²) in [5.74, 6) is 1.57. The van der Waals surface area contributed by atoms with E-state index in [1.807, 2.05) is 58.0 Å². The van der Waals surface area contributed by atoms with Gasteiger partial charge in [-0.05, 0) is 6.92 Å². The first kappa shape index (κ1) is 19.6. The molecule has 0 aliphatic heterocycles. The second kappa shape index (κ2) is 7.58. The van der Waals surface area contributed by atoms with Crippen molar-refractivity contribution >= 4 is 17.3 Å². The zero-order valence-corrected chi connectivity index (χ0v) is 17.2. The minimum Gasteiger partial charge on any atom is -0.477 e. The lowest BCUT2D eigenvalue weighted by Gasteiger charge is -2.11. The van der Waals surface area contributed by atoms with Crippen LogP contribution < -0.4 is 10.3 Å². The lowest BCUT2D eigenvalue weighted by atomic mass is 9.93. The van der Waals surface area contributed by atoms with Crippen LogP contribution in [0.1, 0.15) is 33.5 Å². The fourth-order valence-corrected chi connectivity index (χ4v) is 2.87. The maximum absolute atomic E-state index is 12.7. The first-order chi connectivity index (χ1) is 14.4. The number of ether oxygens (including phenoxy) is 1. The molecule has 3 heterocycles. The molecule has 4 rings (SSSR count). The highest BCUT2D eigenvalue weighted by Gasteiger charge is 2.20. The predicted octanol–water partition coefficient (Wildman–Crippen LogP) is 4.79. The molecule has 0 bridgehead atoms. The van der Waals surface area contributed by atoms with Gasteiger partial charge in [0.15, 0.2) is 0 Å². The van der Waals surface area contributed by atoms with Gasteiger partial charge in [-0.1, -0.05) is 56.3 Å². The summed E-state index contributed by atoms with van der Waals surface area (Å²) in [7, 11) is 0. The molecule has 0 saturated carbocycles. The van der Waals surface area contributed by atoms with Crippen molar-refractivity contribution in [3.05, 3.63) is 58.7 Å². The maximum atomic E-state index is 12.7. The van der Waals surface area contributed by atoms with Crippen LogP contribution in [0.25, 0.3) is 17.0 Å². The average molecular weight is 406 g/mol. The van der Waals surface area contributed by atoms with Gasteiger partial charge < -0.3 is 9.26 Å². The monoisotopic (exact) mass is 406 g/mol. The summed E-state index contributed by atoms with van der Waals surface area (Å²) >= 11 is 0. The summed E-state index contributed by atoms with van der Waals surface area (Å²) in [6.45, 7) is 8.19. The van der Waals surface area contributed by atoms with Crippen LogP contribution in [0.3, 0.4) is 0 Å². The summed E-state index contributed by atoms with van der Waals surface area (Å²) in [4.78, 5) is 19.9. The Kier molecular flexibility index (Phi) is 4.94. The van der Waals surface area contributed by atoms with Crippen molar-refractivity contribution in [3.63, 3.8) is 0 Å². The Morgan fingerprint density at radius 2 is 1.97 bits per heavy atom. The molecule has 0 saturated heterocycles. The summed E-state index contributed by atoms with van der Waals surface area (Å²) in [5, 5.41) is 12.1. The quantitative estimate of drug-likeness (QED) is 0.479. The second-order valence-corrected chi connectivity index (χ2v) is 7.73. The molecule has 0 atom stereocenters. The van der Waals surface area contributed by atoms with Crippen molar-refractivity contribution in [3.8, 4) is 17.1 Å². The molecule has 1 N–H and O–H groups in total. The zero-order valence-electron chi connectivity index (χ0n) is 17.2. The zero-order chi connectivity index (χ0) is 21.3. The molecule has 9 nitrogen and oxygen atoms in total. The minimum absolute atomic E-state index is 0.0293. The molecule has 154 valence electrons. The van der Waals surface area contributed by atoms with Crippen LogP contribution in [0.2, 0.25) is 0 Å². The van der Waals surface area contributed by atoms with Crippen LogP contribution in [0.5, 0.6) is 5.88 Å². The Morgan fingerprint density at radius 3 is 2.63 bits per heavy atom. The number of fused-ring (bicyclic) bond motifs is 1. The van der Waals surface area contributed by atoms with Gasteiger partial charge in [0.2, 0.25) is 23.2 Å². The number of aromatic nitrogens is 4. The van der Waals surface area contributed by atoms with Crippen molar-refractivity contribution in [1.82, 2.24) is 19.5 Å². The van der Waals surface area contributed by atoms with Crippen molar-refractivity contribution in [1.29, 1.82) is 0 Å². The summed E-state index contributed by atoms with van der Waals surface area (Å²) < 4.78 is 12.7. The number of rotatable bonds is 5. The Balaban J connectivity index is 1.79. The third kappa shape index (κ3) is 3.73. The number of H-pyrrole nitrogens is 1. The van der Waals surface area contributed by atoms with Crippen LogP contribution in [0.15, 0.2) is 62.1 Å². The van der Waals surface area contributed by atoms with Crippen LogP contribution in [0, 0.1) is 0 Å². The number of hydrogen-bond acceptors (Lipinski definition) is 7. The van der Waals surface area contributed by atoms with Crippen LogP contribution in [-0.2, 0) is 5.41 Å². The van der Waals surface area contributed by atoms with Gasteiger partial charge in [-0.25, -0.2) is 4.98 Å². The molecule has 0 aliphatic carbocycles. The van der Waals surface area contributed by atoms with E-state index in [2.05, 4.69) is 25.4 Å². The molecule has 0 fully saturated rings. The van der Waals surface area contributed by atoms with Gasteiger partial charge in [0.25, 0.3) is 5.56 Å². The highest BCUT2D eigenvalue weighted by Crippen LogP contribution is 2.30. The largest absolute Gasteiger partial charge is 0.477 e. The maximum Gasteiger partial charge on any atom is 0.284 e. The number of benzene rings is 1. The van der Waals surface area contributed by atoms with E-state index in [9.17, 15) is 4.79 Å². The third-order valence-electron chi connectivity index (χ3n) is 4.41. The van der Waals surface area contributed by atoms with E-state index < -0.39 is 5.56 Å². The molecule has 3 aromatic heterocycles. The fourth-order valence-electron chi connectivity index (χ4n) is 2.87. The molecule has 0 unspecified atom stereocenters. The van der Waals surface area contributed by atoms with Gasteiger partial charge in [0.1, 0.15) is 5.76 Å². The lowest BCUT2D eigenvalue weighted by molar-refractivity contribution is 0.322. The summed E-state index contributed by atoms with van der Waals surface area (Å²) in [5.41, 5.74) is 0.983. The lowest BCUT2D eigenvalue weighted by Crippen LogP contribution is -2.12. The van der Waals surface area contributed by atoms with Crippen molar-refractivity contribution in [2.45, 2.75) is 33.1 Å². The Labute approximate surface area is 172 Å². The average Bonchev–Trinajstić information content (AvgIpc) is 3.35. The van der Waals surface area contributed by atoms with Gasteiger partial charge in [-0.3, -0.25) is 14.2 Å². The number of hydrogen-bond donors (Lipinski definition) is 1.